The monoisotopic (exact) mass is 301 g/mol. The molecule has 0 unspecified atom stereocenters. The summed E-state index contributed by atoms with van der Waals surface area (Å²) in [5.74, 6) is 0.695. The maximum Gasteiger partial charge on any atom is 0.315 e. The Morgan fingerprint density at radius 1 is 1.32 bits per heavy atom. The van der Waals surface area contributed by atoms with E-state index < -0.39 is 6.03 Å². The number of para-hydroxylation sites is 1. The van der Waals surface area contributed by atoms with Crippen LogP contribution in [0.25, 0.3) is 0 Å². The predicted octanol–water partition coefficient (Wildman–Crippen LogP) is 0.821. The molecule has 0 spiro atoms. The number of anilines is 1. The lowest BCUT2D eigenvalue weighted by atomic mass is 10.3. The molecule has 8 nitrogen and oxygen atoms in total. The molecule has 0 saturated heterocycles. The molecule has 0 aliphatic carbocycles. The minimum Gasteiger partial charge on any atom is -0.484 e. The number of aromatic nitrogens is 2. The summed E-state index contributed by atoms with van der Waals surface area (Å²) in [4.78, 5) is 24.5. The second-order valence-corrected chi connectivity index (χ2v) is 4.87. The molecule has 0 atom stereocenters. The van der Waals surface area contributed by atoms with Crippen molar-refractivity contribution in [2.45, 2.75) is 13.1 Å². The van der Waals surface area contributed by atoms with E-state index in [1.807, 2.05) is 18.2 Å². The molecule has 22 heavy (non-hydrogen) atoms. The largest absolute Gasteiger partial charge is 0.484 e. The van der Waals surface area contributed by atoms with Gasteiger partial charge in [-0.1, -0.05) is 18.2 Å². The maximum absolute atomic E-state index is 11.9. The number of H-pyrrole nitrogens is 1. The van der Waals surface area contributed by atoms with E-state index in [0.717, 1.165) is 11.3 Å². The van der Waals surface area contributed by atoms with Gasteiger partial charge >= 0.3 is 6.03 Å². The van der Waals surface area contributed by atoms with E-state index in [1.54, 1.807) is 12.1 Å². The Bertz CT molecular complexity index is 698. The second-order valence-electron chi connectivity index (χ2n) is 4.87. The Hall–Kier alpha value is -3.03. The summed E-state index contributed by atoms with van der Waals surface area (Å²) in [6.07, 6.45) is 0. The highest BCUT2D eigenvalue weighted by Crippen LogP contribution is 2.26. The quantitative estimate of drug-likeness (QED) is 0.775. The average molecular weight is 301 g/mol. The number of hydrogen-bond acceptors (Lipinski definition) is 4. The van der Waals surface area contributed by atoms with E-state index in [2.05, 4.69) is 15.5 Å². The van der Waals surface area contributed by atoms with E-state index in [4.69, 9.17) is 10.5 Å². The third-order valence-corrected chi connectivity index (χ3v) is 3.33. The number of primary amides is 1. The van der Waals surface area contributed by atoms with Crippen molar-refractivity contribution in [3.05, 3.63) is 41.6 Å². The summed E-state index contributed by atoms with van der Waals surface area (Å²) in [6, 6.07) is 8.55. The molecule has 8 heteroatoms. The van der Waals surface area contributed by atoms with Crippen molar-refractivity contribution < 1.29 is 14.3 Å². The Morgan fingerprint density at radius 3 is 2.82 bits per heavy atom. The van der Waals surface area contributed by atoms with Crippen molar-refractivity contribution >= 4 is 17.8 Å². The normalized spacial score (nSPS) is 12.8. The van der Waals surface area contributed by atoms with Gasteiger partial charge in [0.2, 0.25) is 0 Å². The molecular formula is C14H15N5O3. The molecule has 2 heterocycles. The molecule has 1 aromatic heterocycles. The second kappa shape index (κ2) is 5.76. The lowest BCUT2D eigenvalue weighted by molar-refractivity contribution is -0.118. The Labute approximate surface area is 126 Å². The highest BCUT2D eigenvalue weighted by molar-refractivity contribution is 5.92. The Kier molecular flexibility index (Phi) is 3.65. The van der Waals surface area contributed by atoms with Crippen LogP contribution in [-0.2, 0) is 17.9 Å². The first-order chi connectivity index (χ1) is 10.6. The van der Waals surface area contributed by atoms with Crippen molar-refractivity contribution in [1.29, 1.82) is 0 Å². The maximum atomic E-state index is 11.9. The number of rotatable bonds is 4. The molecule has 0 radical (unpaired) electrons. The van der Waals surface area contributed by atoms with Crippen molar-refractivity contribution in [3.63, 3.8) is 0 Å². The van der Waals surface area contributed by atoms with Crippen LogP contribution in [0.3, 0.4) is 0 Å². The third kappa shape index (κ3) is 2.85. The number of aromatic amines is 1. The number of urea groups is 1. The zero-order chi connectivity index (χ0) is 15.5. The van der Waals surface area contributed by atoms with Crippen molar-refractivity contribution in [2.24, 2.45) is 5.73 Å². The van der Waals surface area contributed by atoms with Gasteiger partial charge in [-0.3, -0.25) is 9.89 Å². The molecule has 4 N–H and O–H groups in total. The molecule has 0 saturated carbocycles. The Morgan fingerprint density at radius 2 is 2.09 bits per heavy atom. The van der Waals surface area contributed by atoms with Crippen LogP contribution < -0.4 is 15.8 Å². The van der Waals surface area contributed by atoms with Crippen LogP contribution in [0.2, 0.25) is 0 Å². The molecule has 3 amide bonds. The SMILES string of the molecule is NC(=O)N1Cc2[nH]nc(NC(=O)COc3ccccc3)c2C1. The summed E-state index contributed by atoms with van der Waals surface area (Å²) in [7, 11) is 0. The van der Waals surface area contributed by atoms with Crippen LogP contribution in [0.1, 0.15) is 11.3 Å². The molecule has 2 aromatic rings. The minimum absolute atomic E-state index is 0.120. The van der Waals surface area contributed by atoms with E-state index >= 15 is 0 Å². The number of nitrogens with two attached hydrogens (primary N) is 1. The van der Waals surface area contributed by atoms with Crippen LogP contribution >= 0.6 is 0 Å². The third-order valence-electron chi connectivity index (χ3n) is 3.33. The highest BCUT2D eigenvalue weighted by Gasteiger charge is 2.27. The average Bonchev–Trinajstić information content (AvgIpc) is 3.08. The fourth-order valence-electron chi connectivity index (χ4n) is 2.23. The first-order valence-electron chi connectivity index (χ1n) is 6.71. The molecule has 1 aliphatic heterocycles. The lowest BCUT2D eigenvalue weighted by Gasteiger charge is -2.11. The van der Waals surface area contributed by atoms with Crippen LogP contribution in [0.4, 0.5) is 10.6 Å². The number of carbonyl (C=O) groups is 2. The highest BCUT2D eigenvalue weighted by atomic mass is 16.5. The van der Waals surface area contributed by atoms with Crippen LogP contribution in [0, 0.1) is 0 Å². The summed E-state index contributed by atoms with van der Waals surface area (Å²) in [6.45, 7) is 0.579. The molecule has 114 valence electrons. The van der Waals surface area contributed by atoms with E-state index in [1.165, 1.54) is 4.90 Å². The topological polar surface area (TPSA) is 113 Å². The lowest BCUT2D eigenvalue weighted by Crippen LogP contribution is -2.31. The van der Waals surface area contributed by atoms with Gasteiger partial charge in [-0.2, -0.15) is 5.10 Å². The number of nitrogens with one attached hydrogen (secondary N) is 2. The fraction of sp³-hybridized carbons (Fsp3) is 0.214. The van der Waals surface area contributed by atoms with Crippen molar-refractivity contribution in [1.82, 2.24) is 15.1 Å². The van der Waals surface area contributed by atoms with Crippen LogP contribution in [0.15, 0.2) is 30.3 Å². The predicted molar refractivity (Wildman–Crippen MR) is 78.0 cm³/mol. The molecule has 1 aliphatic rings. The molecular weight excluding hydrogens is 286 g/mol. The molecule has 3 rings (SSSR count). The number of nitrogens with zero attached hydrogens (tertiary/aromatic N) is 2. The summed E-state index contributed by atoms with van der Waals surface area (Å²) < 4.78 is 5.36. The number of carbonyl (C=O) groups excluding carboxylic acids is 2. The van der Waals surface area contributed by atoms with Gasteiger partial charge in [0.25, 0.3) is 5.91 Å². The number of benzene rings is 1. The molecule has 1 aromatic carbocycles. The van der Waals surface area contributed by atoms with E-state index in [-0.39, 0.29) is 12.5 Å². The van der Waals surface area contributed by atoms with E-state index in [0.29, 0.717) is 24.7 Å². The first kappa shape index (κ1) is 13.9. The zero-order valence-corrected chi connectivity index (χ0v) is 11.7. The summed E-state index contributed by atoms with van der Waals surface area (Å²) in [5.41, 5.74) is 6.79. The van der Waals surface area contributed by atoms with Crippen LogP contribution in [0.5, 0.6) is 5.75 Å². The van der Waals surface area contributed by atoms with Gasteiger partial charge in [-0.25, -0.2) is 4.79 Å². The first-order valence-corrected chi connectivity index (χ1v) is 6.71. The Balaban J connectivity index is 1.58. The van der Waals surface area contributed by atoms with Crippen LogP contribution in [-0.4, -0.2) is 33.6 Å². The number of ether oxygens (including phenoxy) is 1. The standard InChI is InChI=1S/C14H15N5O3/c15-14(21)19-6-10-11(7-19)17-18-13(10)16-12(20)8-22-9-4-2-1-3-5-9/h1-5H,6-8H2,(H2,15,21)(H2,16,17,18,20). The van der Waals surface area contributed by atoms with E-state index in [9.17, 15) is 9.59 Å². The number of hydrogen-bond donors (Lipinski definition) is 3. The zero-order valence-electron chi connectivity index (χ0n) is 11.7. The summed E-state index contributed by atoms with van der Waals surface area (Å²) in [5, 5.41) is 9.50. The molecule has 0 fully saturated rings. The van der Waals surface area contributed by atoms with Gasteiger partial charge in [0.1, 0.15) is 5.75 Å². The van der Waals surface area contributed by atoms with Crippen molar-refractivity contribution in [2.75, 3.05) is 11.9 Å². The smallest absolute Gasteiger partial charge is 0.315 e. The number of amides is 3. The summed E-state index contributed by atoms with van der Waals surface area (Å²) >= 11 is 0. The fourth-order valence-corrected chi connectivity index (χ4v) is 2.23. The van der Waals surface area contributed by atoms with Gasteiger partial charge in [0, 0.05) is 5.56 Å². The van der Waals surface area contributed by atoms with Gasteiger partial charge in [0.15, 0.2) is 12.4 Å². The van der Waals surface area contributed by atoms with Gasteiger partial charge < -0.3 is 20.7 Å². The molecule has 0 bridgehead atoms. The van der Waals surface area contributed by atoms with Gasteiger partial charge in [-0.05, 0) is 12.1 Å². The van der Waals surface area contributed by atoms with Gasteiger partial charge in [-0.15, -0.1) is 0 Å². The van der Waals surface area contributed by atoms with Gasteiger partial charge in [0.05, 0.1) is 18.8 Å². The van der Waals surface area contributed by atoms with Crippen molar-refractivity contribution in [3.8, 4) is 5.75 Å². The number of fused-ring (bicyclic) bond motifs is 1. The minimum atomic E-state index is -0.505.